The Kier molecular flexibility index (Phi) is 6.51. The van der Waals surface area contributed by atoms with Crippen LogP contribution < -0.4 is 5.32 Å². The van der Waals surface area contributed by atoms with E-state index in [2.05, 4.69) is 5.32 Å². The van der Waals surface area contributed by atoms with E-state index in [-0.39, 0.29) is 25.2 Å². The predicted molar refractivity (Wildman–Crippen MR) is 90.5 cm³/mol. The van der Waals surface area contributed by atoms with Gasteiger partial charge in [-0.15, -0.1) is 0 Å². The van der Waals surface area contributed by atoms with Gasteiger partial charge in [-0.05, 0) is 11.1 Å². The van der Waals surface area contributed by atoms with Crippen molar-refractivity contribution in [1.29, 1.82) is 0 Å². The third-order valence-corrected chi connectivity index (χ3v) is 3.61. The quantitative estimate of drug-likeness (QED) is 0.781. The topological polar surface area (TPSA) is 75.6 Å². The molecule has 126 valence electrons. The Morgan fingerprint density at radius 1 is 1.00 bits per heavy atom. The zero-order valence-corrected chi connectivity index (χ0v) is 13.5. The van der Waals surface area contributed by atoms with Crippen LogP contribution in [-0.2, 0) is 14.3 Å². The molecule has 2 rings (SSSR count). The summed E-state index contributed by atoms with van der Waals surface area (Å²) >= 11 is 0. The lowest BCUT2D eigenvalue weighted by atomic mass is 10.0. The minimum absolute atomic E-state index is 0.0822. The highest BCUT2D eigenvalue weighted by Gasteiger charge is 2.17. The van der Waals surface area contributed by atoms with Gasteiger partial charge >= 0.3 is 5.97 Å². The van der Waals surface area contributed by atoms with Crippen LogP contribution in [0.25, 0.3) is 0 Å². The zero-order valence-electron chi connectivity index (χ0n) is 13.5. The number of hydrogen-bond acceptors (Lipinski definition) is 3. The molecule has 0 aliphatic heterocycles. The van der Waals surface area contributed by atoms with Gasteiger partial charge in [0.2, 0.25) is 5.91 Å². The van der Waals surface area contributed by atoms with Crippen LogP contribution in [-0.4, -0.2) is 30.1 Å². The first kappa shape index (κ1) is 17.7. The van der Waals surface area contributed by atoms with Gasteiger partial charge in [0.25, 0.3) is 0 Å². The smallest absolute Gasteiger partial charge is 0.308 e. The molecule has 0 aliphatic carbocycles. The van der Waals surface area contributed by atoms with Crippen LogP contribution >= 0.6 is 0 Å². The molecule has 0 radical (unpaired) electrons. The Hall–Kier alpha value is -2.66. The summed E-state index contributed by atoms with van der Waals surface area (Å²) in [5.74, 6) is -1.91. The fourth-order valence-corrected chi connectivity index (χ4v) is 2.20. The molecule has 0 fully saturated rings. The van der Waals surface area contributed by atoms with Crippen molar-refractivity contribution >= 4 is 11.9 Å². The van der Waals surface area contributed by atoms with Gasteiger partial charge in [0, 0.05) is 6.54 Å². The fourth-order valence-electron chi connectivity index (χ4n) is 2.20. The lowest BCUT2D eigenvalue weighted by Crippen LogP contribution is -2.34. The van der Waals surface area contributed by atoms with Gasteiger partial charge in [-0.1, -0.05) is 67.6 Å². The molecule has 1 unspecified atom stereocenters. The maximum atomic E-state index is 11.9. The monoisotopic (exact) mass is 327 g/mol. The lowest BCUT2D eigenvalue weighted by Gasteiger charge is -2.19. The highest BCUT2D eigenvalue weighted by molar-refractivity contribution is 5.78. The maximum absolute atomic E-state index is 11.9. The van der Waals surface area contributed by atoms with E-state index in [4.69, 9.17) is 9.84 Å². The number of hydrogen-bond donors (Lipinski definition) is 2. The van der Waals surface area contributed by atoms with Crippen LogP contribution in [0.1, 0.15) is 24.2 Å². The highest BCUT2D eigenvalue weighted by Crippen LogP contribution is 2.25. The van der Waals surface area contributed by atoms with Gasteiger partial charge in [0.1, 0.15) is 12.7 Å². The molecule has 5 heteroatoms. The zero-order chi connectivity index (χ0) is 17.4. The fraction of sp³-hybridized carbons (Fsp3) is 0.263. The number of rotatable bonds is 8. The van der Waals surface area contributed by atoms with Crippen LogP contribution in [0.3, 0.4) is 0 Å². The molecule has 0 spiro atoms. The van der Waals surface area contributed by atoms with E-state index < -0.39 is 11.9 Å². The van der Waals surface area contributed by atoms with E-state index in [1.54, 1.807) is 6.92 Å². The molecule has 0 bridgehead atoms. The van der Waals surface area contributed by atoms with Gasteiger partial charge in [0.05, 0.1) is 5.92 Å². The third kappa shape index (κ3) is 5.21. The molecular weight excluding hydrogens is 306 g/mol. The molecule has 0 heterocycles. The number of carboxylic acid groups (broad SMARTS) is 1. The van der Waals surface area contributed by atoms with Gasteiger partial charge < -0.3 is 15.2 Å². The van der Waals surface area contributed by atoms with Gasteiger partial charge in [-0.2, -0.15) is 0 Å². The Balaban J connectivity index is 1.99. The molecule has 0 saturated heterocycles. The van der Waals surface area contributed by atoms with Gasteiger partial charge in [-0.3, -0.25) is 9.59 Å². The standard InChI is InChI=1S/C19H21NO4/c1-14(19(22)23)12-20-17(21)13-24-18(15-8-4-2-5-9-15)16-10-6-3-7-11-16/h2-11,14,18H,12-13H2,1H3,(H,20,21)(H,22,23). The first-order chi connectivity index (χ1) is 11.6. The Labute approximate surface area is 141 Å². The van der Waals surface area contributed by atoms with Crippen molar-refractivity contribution in [3.05, 3.63) is 71.8 Å². The summed E-state index contributed by atoms with van der Waals surface area (Å²) in [6.45, 7) is 1.49. The van der Waals surface area contributed by atoms with E-state index in [1.165, 1.54) is 0 Å². The molecule has 1 atom stereocenters. The van der Waals surface area contributed by atoms with Crippen molar-refractivity contribution in [1.82, 2.24) is 5.32 Å². The number of carbonyl (C=O) groups is 2. The largest absolute Gasteiger partial charge is 0.481 e. The molecule has 2 aromatic carbocycles. The Bertz CT molecular complexity index is 618. The summed E-state index contributed by atoms with van der Waals surface area (Å²) in [4.78, 5) is 22.7. The van der Waals surface area contributed by atoms with E-state index in [9.17, 15) is 9.59 Å². The van der Waals surface area contributed by atoms with Crippen LogP contribution in [0, 0.1) is 5.92 Å². The Morgan fingerprint density at radius 3 is 1.96 bits per heavy atom. The third-order valence-electron chi connectivity index (χ3n) is 3.61. The van der Waals surface area contributed by atoms with Crippen molar-refractivity contribution in [2.75, 3.05) is 13.2 Å². The summed E-state index contributed by atoms with van der Waals surface area (Å²) in [7, 11) is 0. The molecule has 0 aliphatic rings. The van der Waals surface area contributed by atoms with Crippen LogP contribution in [0.15, 0.2) is 60.7 Å². The second kappa shape index (κ2) is 8.84. The number of carbonyl (C=O) groups excluding carboxylic acids is 1. The summed E-state index contributed by atoms with van der Waals surface area (Å²) in [5, 5.41) is 11.4. The summed E-state index contributed by atoms with van der Waals surface area (Å²) < 4.78 is 5.81. The molecule has 0 aromatic heterocycles. The maximum Gasteiger partial charge on any atom is 0.308 e. The number of ether oxygens (including phenoxy) is 1. The molecule has 0 saturated carbocycles. The van der Waals surface area contributed by atoms with E-state index in [0.717, 1.165) is 11.1 Å². The molecule has 2 N–H and O–H groups in total. The normalized spacial score (nSPS) is 11.9. The number of nitrogens with one attached hydrogen (secondary N) is 1. The minimum atomic E-state index is -0.942. The molecule has 2 aromatic rings. The van der Waals surface area contributed by atoms with Crippen molar-refractivity contribution < 1.29 is 19.4 Å². The summed E-state index contributed by atoms with van der Waals surface area (Å²) in [6.07, 6.45) is -0.352. The van der Waals surface area contributed by atoms with Gasteiger partial charge in [-0.25, -0.2) is 0 Å². The van der Waals surface area contributed by atoms with E-state index in [1.807, 2.05) is 60.7 Å². The summed E-state index contributed by atoms with van der Waals surface area (Å²) in [6, 6.07) is 19.3. The highest BCUT2D eigenvalue weighted by atomic mass is 16.5. The second-order valence-electron chi connectivity index (χ2n) is 5.56. The lowest BCUT2D eigenvalue weighted by molar-refractivity contribution is -0.141. The van der Waals surface area contributed by atoms with Crippen molar-refractivity contribution in [3.63, 3.8) is 0 Å². The van der Waals surface area contributed by atoms with Crippen molar-refractivity contribution in [3.8, 4) is 0 Å². The molecule has 1 amide bonds. The molecule has 5 nitrogen and oxygen atoms in total. The number of aliphatic carboxylic acids is 1. The number of amides is 1. The van der Waals surface area contributed by atoms with E-state index >= 15 is 0 Å². The first-order valence-electron chi connectivity index (χ1n) is 7.79. The number of carboxylic acids is 1. The average Bonchev–Trinajstić information content (AvgIpc) is 2.61. The SMILES string of the molecule is CC(CNC(=O)COC(c1ccccc1)c1ccccc1)C(=O)O. The molecule has 24 heavy (non-hydrogen) atoms. The van der Waals surface area contributed by atoms with Crippen molar-refractivity contribution in [2.45, 2.75) is 13.0 Å². The average molecular weight is 327 g/mol. The summed E-state index contributed by atoms with van der Waals surface area (Å²) in [5.41, 5.74) is 1.91. The van der Waals surface area contributed by atoms with Crippen LogP contribution in [0.2, 0.25) is 0 Å². The van der Waals surface area contributed by atoms with Gasteiger partial charge in [0.15, 0.2) is 0 Å². The Morgan fingerprint density at radius 2 is 1.50 bits per heavy atom. The van der Waals surface area contributed by atoms with Crippen LogP contribution in [0.5, 0.6) is 0 Å². The van der Waals surface area contributed by atoms with Crippen LogP contribution in [0.4, 0.5) is 0 Å². The second-order valence-corrected chi connectivity index (χ2v) is 5.56. The first-order valence-corrected chi connectivity index (χ1v) is 7.79. The minimum Gasteiger partial charge on any atom is -0.481 e. The van der Waals surface area contributed by atoms with E-state index in [0.29, 0.717) is 0 Å². The van der Waals surface area contributed by atoms with Crippen molar-refractivity contribution in [2.24, 2.45) is 5.92 Å². The molecular formula is C19H21NO4. The number of benzene rings is 2. The predicted octanol–water partition coefficient (Wildman–Crippen LogP) is 2.63.